The van der Waals surface area contributed by atoms with Crippen molar-refractivity contribution in [3.63, 3.8) is 0 Å². The molecule has 0 aliphatic carbocycles. The highest BCUT2D eigenvalue weighted by molar-refractivity contribution is 7.27. The van der Waals surface area contributed by atoms with Crippen LogP contribution in [0.4, 0.5) is 0 Å². The van der Waals surface area contributed by atoms with Crippen LogP contribution in [0.2, 0.25) is 0 Å². The van der Waals surface area contributed by atoms with E-state index in [1.54, 1.807) is 0 Å². The number of amidine groups is 1. The molecule has 14 rings (SSSR count). The van der Waals surface area contributed by atoms with Gasteiger partial charge in [0.1, 0.15) is 5.84 Å². The second-order valence-electron chi connectivity index (χ2n) is 16.1. The fourth-order valence-corrected chi connectivity index (χ4v) is 12.7. The van der Waals surface area contributed by atoms with Crippen LogP contribution in [-0.2, 0) is 0 Å². The molecule has 1 aliphatic heterocycles. The van der Waals surface area contributed by atoms with Crippen LogP contribution in [0.25, 0.3) is 106 Å². The molecule has 5 nitrogen and oxygen atoms in total. The summed E-state index contributed by atoms with van der Waals surface area (Å²) in [6.45, 7) is 0. The van der Waals surface area contributed by atoms with Gasteiger partial charge in [0.15, 0.2) is 0 Å². The minimum atomic E-state index is -0.524. The lowest BCUT2D eigenvalue weighted by Gasteiger charge is -2.27. The van der Waals surface area contributed by atoms with Crippen LogP contribution in [0.15, 0.2) is 198 Å². The van der Waals surface area contributed by atoms with Gasteiger partial charge in [-0.05, 0) is 58.3 Å². The fourth-order valence-electron chi connectivity index (χ4n) is 10.1. The van der Waals surface area contributed by atoms with Crippen LogP contribution in [0, 0.1) is 0 Å². The lowest BCUT2D eigenvalue weighted by molar-refractivity contribution is 0.513. The van der Waals surface area contributed by atoms with E-state index in [1.807, 2.05) is 22.7 Å². The van der Waals surface area contributed by atoms with E-state index in [0.29, 0.717) is 5.96 Å². The summed E-state index contributed by atoms with van der Waals surface area (Å²) in [7, 11) is 0. The molecule has 62 heavy (non-hydrogen) atoms. The number of para-hydroxylation sites is 2. The number of benzene rings is 9. The molecule has 4 aromatic heterocycles. The van der Waals surface area contributed by atoms with Crippen LogP contribution < -0.4 is 5.32 Å². The normalized spacial score (nSPS) is 14.6. The molecule has 9 aromatic carbocycles. The molecule has 290 valence electrons. The smallest absolute Gasteiger partial charge is 0.235 e. The average molecular weight is 828 g/mol. The van der Waals surface area contributed by atoms with Gasteiger partial charge in [-0.2, -0.15) is 4.99 Å². The molecule has 13 aromatic rings. The Bertz CT molecular complexity index is 4090. The van der Waals surface area contributed by atoms with E-state index in [0.717, 1.165) is 38.9 Å². The van der Waals surface area contributed by atoms with E-state index in [4.69, 9.17) is 9.98 Å². The third-order valence-corrected chi connectivity index (χ3v) is 15.2. The number of rotatable bonds is 3. The molecule has 0 saturated carbocycles. The number of hydrogen-bond donors (Lipinski definition) is 1. The molecule has 0 bridgehead atoms. The van der Waals surface area contributed by atoms with Gasteiger partial charge in [0.25, 0.3) is 0 Å². The highest BCUT2D eigenvalue weighted by Gasteiger charge is 2.29. The summed E-state index contributed by atoms with van der Waals surface area (Å²) in [6.07, 6.45) is -0.524. The minimum Gasteiger partial charge on any atom is -0.330 e. The topological polar surface area (TPSA) is 46.6 Å². The van der Waals surface area contributed by atoms with Crippen molar-refractivity contribution in [2.45, 2.75) is 6.29 Å². The van der Waals surface area contributed by atoms with Gasteiger partial charge in [0.05, 0.1) is 22.1 Å². The molecule has 0 amide bonds. The molecule has 1 aliphatic rings. The van der Waals surface area contributed by atoms with Crippen molar-refractivity contribution in [1.82, 2.24) is 14.5 Å². The SMILES string of the molecule is c1ccc(-c2ccc(C3=NC(n4c5ccccc5c5c6sc7ccccc7c6ccc54)=NC(n4c5ccccc5c5c6sc7ccccc7c6ccc54)N3)c3ccccc23)cc1. The summed E-state index contributed by atoms with van der Waals surface area (Å²) in [5.74, 6) is 1.42. The second-order valence-corrected chi connectivity index (χ2v) is 18.2. The molecule has 1 unspecified atom stereocenters. The van der Waals surface area contributed by atoms with Crippen molar-refractivity contribution in [2.24, 2.45) is 9.98 Å². The first kappa shape index (κ1) is 34.2. The van der Waals surface area contributed by atoms with Crippen LogP contribution in [-0.4, -0.2) is 20.9 Å². The van der Waals surface area contributed by atoms with Gasteiger partial charge < -0.3 is 9.88 Å². The minimum absolute atomic E-state index is 0.524. The maximum absolute atomic E-state index is 5.68. The molecule has 7 heteroatoms. The van der Waals surface area contributed by atoms with Crippen LogP contribution >= 0.6 is 22.7 Å². The highest BCUT2D eigenvalue weighted by Crippen LogP contribution is 2.45. The third kappa shape index (κ3) is 4.77. The molecular formula is C55H33N5S2. The Morgan fingerprint density at radius 3 is 1.61 bits per heavy atom. The van der Waals surface area contributed by atoms with E-state index < -0.39 is 6.29 Å². The Hall–Kier alpha value is -7.58. The van der Waals surface area contributed by atoms with Crippen molar-refractivity contribution in [3.05, 3.63) is 194 Å². The lowest BCUT2D eigenvalue weighted by Crippen LogP contribution is -2.37. The molecule has 0 spiro atoms. The zero-order chi connectivity index (χ0) is 40.5. The molecule has 1 N–H and O–H groups in total. The first-order chi connectivity index (χ1) is 30.8. The van der Waals surface area contributed by atoms with Crippen LogP contribution in [0.3, 0.4) is 0 Å². The van der Waals surface area contributed by atoms with E-state index in [9.17, 15) is 0 Å². The number of thiophene rings is 2. The van der Waals surface area contributed by atoms with Crippen LogP contribution in [0.1, 0.15) is 11.9 Å². The quantitative estimate of drug-likeness (QED) is 0.189. The van der Waals surface area contributed by atoms with Gasteiger partial charge in [-0.1, -0.05) is 152 Å². The number of aromatic nitrogens is 2. The number of nitrogens with one attached hydrogen (secondary N) is 1. The number of nitrogens with zero attached hydrogens (tertiary/aromatic N) is 4. The van der Waals surface area contributed by atoms with Crippen LogP contribution in [0.5, 0.6) is 0 Å². The predicted molar refractivity (Wildman–Crippen MR) is 266 cm³/mol. The number of aliphatic imine (C=N–C) groups is 2. The Labute approximate surface area is 362 Å². The zero-order valence-corrected chi connectivity index (χ0v) is 34.7. The largest absolute Gasteiger partial charge is 0.330 e. The molecule has 0 saturated heterocycles. The van der Waals surface area contributed by atoms with Gasteiger partial charge in [0.2, 0.25) is 12.2 Å². The van der Waals surface area contributed by atoms with Crippen molar-refractivity contribution in [1.29, 1.82) is 0 Å². The summed E-state index contributed by atoms with van der Waals surface area (Å²) < 4.78 is 9.84. The Balaban J connectivity index is 1.07. The first-order valence-electron chi connectivity index (χ1n) is 20.9. The lowest BCUT2D eigenvalue weighted by atomic mass is 9.94. The summed E-state index contributed by atoms with van der Waals surface area (Å²) in [6, 6.07) is 68.0. The zero-order valence-electron chi connectivity index (χ0n) is 33.1. The van der Waals surface area contributed by atoms with Gasteiger partial charge in [-0.3, -0.25) is 4.57 Å². The maximum Gasteiger partial charge on any atom is 0.235 e. The highest BCUT2D eigenvalue weighted by atomic mass is 32.1. The van der Waals surface area contributed by atoms with Gasteiger partial charge >= 0.3 is 0 Å². The Morgan fingerprint density at radius 1 is 0.403 bits per heavy atom. The standard InChI is InChI=1S/C55H33N5S2/c1-2-14-32(15-3-1)33-26-27-40(35-17-5-4-16-34(33)35)53-56-54(59-43-22-10-6-20-41(43)49-45(59)30-28-38-36-18-8-12-24-47(36)61-51(38)49)58-55(57-53)60-44-23-11-7-21-42(44)50-46(60)31-29-39-37-19-9-13-25-48(37)62-52(39)50/h1-31,54H,(H,56,57,58). The van der Waals surface area contributed by atoms with E-state index >= 15 is 0 Å². The van der Waals surface area contributed by atoms with Gasteiger partial charge in [-0.15, -0.1) is 22.7 Å². The van der Waals surface area contributed by atoms with Gasteiger partial charge in [-0.25, -0.2) is 4.99 Å². The van der Waals surface area contributed by atoms with Crippen molar-refractivity contribution >= 4 is 129 Å². The number of hydrogen-bond acceptors (Lipinski definition) is 5. The van der Waals surface area contributed by atoms with Gasteiger partial charge in [0, 0.05) is 67.5 Å². The molecule has 1 atom stereocenters. The predicted octanol–water partition coefficient (Wildman–Crippen LogP) is 14.9. The third-order valence-electron chi connectivity index (χ3n) is 12.8. The fraction of sp³-hybridized carbons (Fsp3) is 0.0182. The average Bonchev–Trinajstić information content (AvgIpc) is 4.09. The van der Waals surface area contributed by atoms with Crippen molar-refractivity contribution in [2.75, 3.05) is 0 Å². The molecule has 5 heterocycles. The summed E-state index contributed by atoms with van der Waals surface area (Å²) in [5.41, 5.74) is 7.82. The second kappa shape index (κ2) is 13.0. The monoisotopic (exact) mass is 827 g/mol. The number of fused-ring (bicyclic) bond motifs is 15. The summed E-state index contributed by atoms with van der Waals surface area (Å²) in [5, 5.41) is 16.3. The van der Waals surface area contributed by atoms with E-state index in [1.165, 1.54) is 78.4 Å². The molecule has 0 fully saturated rings. The molecular weight excluding hydrogens is 795 g/mol. The Morgan fingerprint density at radius 2 is 0.919 bits per heavy atom. The molecule has 0 radical (unpaired) electrons. The first-order valence-corrected chi connectivity index (χ1v) is 22.6. The van der Waals surface area contributed by atoms with Crippen molar-refractivity contribution < 1.29 is 0 Å². The Kier molecular flexibility index (Phi) is 7.14. The van der Waals surface area contributed by atoms with Crippen molar-refractivity contribution in [3.8, 4) is 11.1 Å². The summed E-state index contributed by atoms with van der Waals surface area (Å²) >= 11 is 3.73. The summed E-state index contributed by atoms with van der Waals surface area (Å²) in [4.78, 5) is 11.3. The van der Waals surface area contributed by atoms with E-state index in [-0.39, 0.29) is 0 Å². The maximum atomic E-state index is 5.68. The van der Waals surface area contributed by atoms with E-state index in [2.05, 4.69) is 203 Å².